The third-order valence-electron chi connectivity index (χ3n) is 5.30. The van der Waals surface area contributed by atoms with Gasteiger partial charge in [-0.1, -0.05) is 11.6 Å². The van der Waals surface area contributed by atoms with Gasteiger partial charge in [0.2, 0.25) is 17.6 Å². The number of rotatable bonds is 9. The zero-order valence-electron chi connectivity index (χ0n) is 17.8. The minimum absolute atomic E-state index is 0.0449. The Kier molecular flexibility index (Phi) is 7.80. The molecule has 4 amide bonds. The Labute approximate surface area is 197 Å². The van der Waals surface area contributed by atoms with Crippen LogP contribution in [-0.4, -0.2) is 54.2 Å². The number of anilines is 1. The van der Waals surface area contributed by atoms with Gasteiger partial charge in [-0.25, -0.2) is 0 Å². The van der Waals surface area contributed by atoms with Crippen molar-refractivity contribution in [1.82, 2.24) is 16.0 Å². The number of ketones is 1. The zero-order valence-corrected chi connectivity index (χ0v) is 18.5. The molecule has 1 saturated heterocycles. The van der Waals surface area contributed by atoms with E-state index in [2.05, 4.69) is 16.0 Å². The van der Waals surface area contributed by atoms with Crippen molar-refractivity contribution in [3.63, 3.8) is 0 Å². The van der Waals surface area contributed by atoms with Gasteiger partial charge in [0.1, 0.15) is 6.42 Å². The molecule has 9 nitrogen and oxygen atoms in total. The summed E-state index contributed by atoms with van der Waals surface area (Å²) in [5, 5.41) is 9.57. The molecule has 1 aliphatic heterocycles. The third kappa shape index (κ3) is 7.17. The molecule has 0 aromatic heterocycles. The lowest BCUT2D eigenvalue weighted by atomic mass is 9.95. The molecule has 1 heterocycles. The van der Waals surface area contributed by atoms with Crippen LogP contribution in [0.4, 0.5) is 18.9 Å². The maximum absolute atomic E-state index is 13.0. The maximum Gasteiger partial charge on any atom is 0.397 e. The van der Waals surface area contributed by atoms with Crippen LogP contribution in [0.5, 0.6) is 0 Å². The van der Waals surface area contributed by atoms with Crippen molar-refractivity contribution < 1.29 is 37.1 Å². The summed E-state index contributed by atoms with van der Waals surface area (Å²) in [5.41, 5.74) is -0.567. The van der Waals surface area contributed by atoms with Crippen LogP contribution in [0.15, 0.2) is 18.2 Å². The van der Waals surface area contributed by atoms with Crippen molar-refractivity contribution >= 4 is 46.7 Å². The molecule has 4 N–H and O–H groups in total. The minimum Gasteiger partial charge on any atom is -0.356 e. The summed E-state index contributed by atoms with van der Waals surface area (Å²) in [7, 11) is 0. The van der Waals surface area contributed by atoms with E-state index >= 15 is 0 Å². The van der Waals surface area contributed by atoms with Gasteiger partial charge in [0.05, 0.1) is 17.3 Å². The summed E-state index contributed by atoms with van der Waals surface area (Å²) in [6, 6.07) is 2.01. The van der Waals surface area contributed by atoms with Gasteiger partial charge in [-0.15, -0.1) is 0 Å². The van der Waals surface area contributed by atoms with Gasteiger partial charge < -0.3 is 21.3 Å². The molecule has 3 rings (SSSR count). The predicted molar refractivity (Wildman–Crippen MR) is 114 cm³/mol. The summed E-state index contributed by atoms with van der Waals surface area (Å²) < 4.78 is 37.6. The van der Waals surface area contributed by atoms with E-state index in [1.54, 1.807) is 0 Å². The Morgan fingerprint density at radius 1 is 1.15 bits per heavy atom. The van der Waals surface area contributed by atoms with Crippen molar-refractivity contribution in [2.45, 2.75) is 50.4 Å². The maximum atomic E-state index is 13.0. The highest BCUT2D eigenvalue weighted by molar-refractivity contribution is 6.38. The van der Waals surface area contributed by atoms with E-state index in [1.165, 1.54) is 6.07 Å². The topological polar surface area (TPSA) is 133 Å². The van der Waals surface area contributed by atoms with Gasteiger partial charge in [-0.05, 0) is 43.9 Å². The van der Waals surface area contributed by atoms with E-state index in [4.69, 9.17) is 11.6 Å². The Morgan fingerprint density at radius 2 is 1.85 bits per heavy atom. The lowest BCUT2D eigenvalue weighted by molar-refractivity contribution is -0.150. The molecule has 1 aromatic rings. The van der Waals surface area contributed by atoms with Crippen LogP contribution in [-0.2, 0) is 19.2 Å². The number of benzene rings is 1. The van der Waals surface area contributed by atoms with Crippen molar-refractivity contribution in [1.29, 1.82) is 0 Å². The van der Waals surface area contributed by atoms with Crippen molar-refractivity contribution in [3.8, 4) is 0 Å². The van der Waals surface area contributed by atoms with Crippen molar-refractivity contribution in [3.05, 3.63) is 28.8 Å². The molecule has 2 atom stereocenters. The van der Waals surface area contributed by atoms with E-state index in [0.717, 1.165) is 25.0 Å². The normalized spacial score (nSPS) is 18.6. The second-order valence-corrected chi connectivity index (χ2v) is 8.62. The SMILES string of the molecule is O=C(CC(F)(F)F)Nc1ccc(Cl)cc1C(=O)N[C@@H](C[C@@H]1CCNC1=O)C(=O)C(=O)NC1CC1. The van der Waals surface area contributed by atoms with Gasteiger partial charge in [0, 0.05) is 23.5 Å². The first kappa shape index (κ1) is 25.5. The molecule has 2 aliphatic rings. The number of hydrogen-bond acceptors (Lipinski definition) is 5. The number of hydrogen-bond donors (Lipinski definition) is 4. The van der Waals surface area contributed by atoms with Crippen LogP contribution in [0.2, 0.25) is 5.02 Å². The number of halogens is 4. The third-order valence-corrected chi connectivity index (χ3v) is 5.54. The van der Waals surface area contributed by atoms with E-state index in [9.17, 15) is 37.1 Å². The average Bonchev–Trinajstić information content (AvgIpc) is 3.46. The van der Waals surface area contributed by atoms with Gasteiger partial charge in [-0.3, -0.25) is 24.0 Å². The van der Waals surface area contributed by atoms with Gasteiger partial charge in [0.15, 0.2) is 0 Å². The predicted octanol–water partition coefficient (Wildman–Crippen LogP) is 1.70. The van der Waals surface area contributed by atoms with Crippen LogP contribution in [0.25, 0.3) is 0 Å². The molecule has 184 valence electrons. The number of Topliss-reactive ketones (excluding diaryl/α,β-unsaturated/α-hetero) is 1. The number of carbonyl (C=O) groups excluding carboxylic acids is 5. The number of carbonyl (C=O) groups is 5. The molecule has 1 saturated carbocycles. The molecule has 13 heteroatoms. The van der Waals surface area contributed by atoms with Crippen molar-refractivity contribution in [2.75, 3.05) is 11.9 Å². The lowest BCUT2D eigenvalue weighted by Gasteiger charge is -2.21. The Bertz CT molecular complexity index is 1010. The summed E-state index contributed by atoms with van der Waals surface area (Å²) in [6.45, 7) is 0.385. The van der Waals surface area contributed by atoms with Gasteiger partial charge >= 0.3 is 6.18 Å². The fraction of sp³-hybridized carbons (Fsp3) is 0.476. The van der Waals surface area contributed by atoms with Crippen LogP contribution in [0, 0.1) is 5.92 Å². The first-order valence-corrected chi connectivity index (χ1v) is 10.9. The fourth-order valence-corrected chi connectivity index (χ4v) is 3.63. The monoisotopic (exact) mass is 502 g/mol. The van der Waals surface area contributed by atoms with E-state index in [-0.39, 0.29) is 34.6 Å². The number of alkyl halides is 3. The Balaban J connectivity index is 1.79. The molecule has 0 spiro atoms. The molecular weight excluding hydrogens is 481 g/mol. The van der Waals surface area contributed by atoms with Crippen molar-refractivity contribution in [2.24, 2.45) is 5.92 Å². The second-order valence-electron chi connectivity index (χ2n) is 8.18. The first-order chi connectivity index (χ1) is 15.9. The summed E-state index contributed by atoms with van der Waals surface area (Å²) in [5.74, 6) is -5.16. The molecule has 0 unspecified atom stereocenters. The highest BCUT2D eigenvalue weighted by Gasteiger charge is 2.36. The largest absolute Gasteiger partial charge is 0.397 e. The van der Waals surface area contributed by atoms with Gasteiger partial charge in [0.25, 0.3) is 11.8 Å². The Hall–Kier alpha value is -3.15. The number of nitrogens with one attached hydrogen (secondary N) is 4. The molecule has 1 aromatic carbocycles. The van der Waals surface area contributed by atoms with E-state index in [0.29, 0.717) is 13.0 Å². The quantitative estimate of drug-likeness (QED) is 0.381. The number of amides is 4. The van der Waals surface area contributed by atoms with Crippen LogP contribution < -0.4 is 21.3 Å². The summed E-state index contributed by atoms with van der Waals surface area (Å²) in [4.78, 5) is 61.8. The standard InChI is InChI=1S/C21H22ClF3N4O5/c22-11-1-4-14(28-16(30)9-21(23,24)25)13(8-11)19(33)29-15(7-10-5-6-26-18(10)32)17(31)20(34)27-12-2-3-12/h1,4,8,10,12,15H,2-3,5-7,9H2,(H,26,32)(H,27,34)(H,28,30)(H,29,33)/t10-,15-/m0/s1. The van der Waals surface area contributed by atoms with Gasteiger partial charge in [-0.2, -0.15) is 13.2 Å². The van der Waals surface area contributed by atoms with E-state index in [1.807, 2.05) is 5.32 Å². The summed E-state index contributed by atoms with van der Waals surface area (Å²) >= 11 is 5.92. The molecular formula is C21H22ClF3N4O5. The first-order valence-electron chi connectivity index (χ1n) is 10.5. The lowest BCUT2D eigenvalue weighted by Crippen LogP contribution is -2.49. The highest BCUT2D eigenvalue weighted by Crippen LogP contribution is 2.25. The van der Waals surface area contributed by atoms with E-state index < -0.39 is 48.1 Å². The average molecular weight is 503 g/mol. The van der Waals surface area contributed by atoms with Crippen LogP contribution in [0.1, 0.15) is 42.5 Å². The zero-order chi connectivity index (χ0) is 25.0. The molecule has 0 radical (unpaired) electrons. The highest BCUT2D eigenvalue weighted by atomic mass is 35.5. The molecule has 34 heavy (non-hydrogen) atoms. The smallest absolute Gasteiger partial charge is 0.356 e. The summed E-state index contributed by atoms with van der Waals surface area (Å²) in [6.07, 6.45) is -4.82. The molecule has 2 fully saturated rings. The second kappa shape index (κ2) is 10.4. The molecule has 1 aliphatic carbocycles. The Morgan fingerprint density at radius 3 is 2.44 bits per heavy atom. The minimum atomic E-state index is -4.76. The molecule has 0 bridgehead atoms. The fourth-order valence-electron chi connectivity index (χ4n) is 3.45. The van der Waals surface area contributed by atoms with Crippen LogP contribution in [0.3, 0.4) is 0 Å². The van der Waals surface area contributed by atoms with Crippen LogP contribution >= 0.6 is 11.6 Å².